The van der Waals surface area contributed by atoms with Crippen LogP contribution in [0.5, 0.6) is 0 Å². The Morgan fingerprint density at radius 3 is 2.63 bits per heavy atom. The molecule has 0 fully saturated rings. The van der Waals surface area contributed by atoms with Crippen molar-refractivity contribution < 1.29 is 14.7 Å². The molecule has 1 heterocycles. The van der Waals surface area contributed by atoms with E-state index in [0.29, 0.717) is 10.6 Å². The van der Waals surface area contributed by atoms with E-state index in [0.717, 1.165) is 0 Å². The molecule has 2 aromatic rings. The fourth-order valence-electron chi connectivity index (χ4n) is 1.36. The summed E-state index contributed by atoms with van der Waals surface area (Å²) >= 11 is 11.5. The molecule has 0 saturated carbocycles. The Kier molecular flexibility index (Phi) is 3.73. The van der Waals surface area contributed by atoms with Crippen LogP contribution >= 0.6 is 23.2 Å². The van der Waals surface area contributed by atoms with Crippen LogP contribution in [0.25, 0.3) is 0 Å². The molecule has 3 N–H and O–H groups in total. The molecule has 0 spiro atoms. The molecular weight excluding hydrogens is 293 g/mol. The van der Waals surface area contributed by atoms with Crippen molar-refractivity contribution in [2.75, 3.05) is 5.32 Å². The van der Waals surface area contributed by atoms with Crippen molar-refractivity contribution in [1.29, 1.82) is 0 Å². The number of rotatable bonds is 3. The molecule has 1 aromatic heterocycles. The van der Waals surface area contributed by atoms with Gasteiger partial charge in [0.25, 0.3) is 5.91 Å². The zero-order chi connectivity index (χ0) is 14.0. The molecule has 0 radical (unpaired) electrons. The third kappa shape index (κ3) is 2.86. The minimum absolute atomic E-state index is 0.0518. The Bertz CT molecular complexity index is 654. The van der Waals surface area contributed by atoms with Crippen molar-refractivity contribution in [2.45, 2.75) is 0 Å². The highest BCUT2D eigenvalue weighted by Gasteiger charge is 2.18. The molecule has 0 unspecified atom stereocenters. The molecule has 0 aliphatic carbocycles. The summed E-state index contributed by atoms with van der Waals surface area (Å²) in [7, 11) is 0. The fraction of sp³-hybridized carbons (Fsp3) is 0. The Balaban J connectivity index is 2.22. The number of aromatic carboxylic acids is 1. The number of hydrogen-bond acceptors (Lipinski definition) is 3. The van der Waals surface area contributed by atoms with Gasteiger partial charge < -0.3 is 10.4 Å². The largest absolute Gasteiger partial charge is 0.476 e. The molecule has 6 nitrogen and oxygen atoms in total. The van der Waals surface area contributed by atoms with Gasteiger partial charge in [0.05, 0.1) is 0 Å². The summed E-state index contributed by atoms with van der Waals surface area (Å²) in [5, 5.41) is 17.3. The predicted octanol–water partition coefficient (Wildman–Crippen LogP) is 2.67. The fourth-order valence-corrected chi connectivity index (χ4v) is 1.77. The number of halogens is 2. The number of aromatic nitrogens is 2. The van der Waals surface area contributed by atoms with Gasteiger partial charge in [0, 0.05) is 10.6 Å². The third-order valence-corrected chi connectivity index (χ3v) is 2.84. The van der Waals surface area contributed by atoms with Gasteiger partial charge in [0.2, 0.25) is 0 Å². The number of hydrogen-bond donors (Lipinski definition) is 3. The molecule has 1 amide bonds. The molecule has 98 valence electrons. The summed E-state index contributed by atoms with van der Waals surface area (Å²) in [5.74, 6) is -1.81. The van der Waals surface area contributed by atoms with Gasteiger partial charge in [-0.05, 0) is 18.2 Å². The van der Waals surface area contributed by atoms with Crippen LogP contribution in [0.1, 0.15) is 20.8 Å². The van der Waals surface area contributed by atoms with Gasteiger partial charge in [-0.2, -0.15) is 5.10 Å². The van der Waals surface area contributed by atoms with Gasteiger partial charge in [-0.3, -0.25) is 9.89 Å². The second kappa shape index (κ2) is 5.29. The maximum absolute atomic E-state index is 11.9. The Hall–Kier alpha value is -2.05. The molecule has 0 aliphatic rings. The van der Waals surface area contributed by atoms with E-state index in [1.54, 1.807) is 18.2 Å². The molecular formula is C11H7Cl2N3O3. The van der Waals surface area contributed by atoms with Crippen LogP contribution in [-0.2, 0) is 0 Å². The molecule has 0 aliphatic heterocycles. The van der Waals surface area contributed by atoms with E-state index >= 15 is 0 Å². The Morgan fingerprint density at radius 1 is 1.32 bits per heavy atom. The van der Waals surface area contributed by atoms with Crippen molar-refractivity contribution in [3.8, 4) is 0 Å². The first-order chi connectivity index (χ1) is 8.99. The molecule has 19 heavy (non-hydrogen) atoms. The molecule has 0 saturated heterocycles. The van der Waals surface area contributed by atoms with E-state index < -0.39 is 11.9 Å². The van der Waals surface area contributed by atoms with Gasteiger partial charge in [0.1, 0.15) is 5.02 Å². The zero-order valence-corrected chi connectivity index (χ0v) is 10.8. The maximum Gasteiger partial charge on any atom is 0.355 e. The van der Waals surface area contributed by atoms with Crippen molar-refractivity contribution in [2.24, 2.45) is 0 Å². The van der Waals surface area contributed by atoms with Crippen LogP contribution in [0, 0.1) is 0 Å². The number of carbonyl (C=O) groups is 2. The average molecular weight is 300 g/mol. The number of amides is 1. The SMILES string of the molecule is O=C(Nc1n[nH]c(C(=O)O)c1Cl)c1cccc(Cl)c1. The van der Waals surface area contributed by atoms with Crippen LogP contribution < -0.4 is 5.32 Å². The van der Waals surface area contributed by atoms with E-state index in [-0.39, 0.29) is 16.5 Å². The lowest BCUT2D eigenvalue weighted by Crippen LogP contribution is -2.12. The van der Waals surface area contributed by atoms with Gasteiger partial charge in [-0.1, -0.05) is 29.3 Å². The molecule has 0 atom stereocenters. The standard InChI is InChI=1S/C11H7Cl2N3O3/c12-6-3-1-2-5(4-6)10(17)14-9-7(13)8(11(18)19)15-16-9/h1-4H,(H,18,19)(H2,14,15,16,17). The number of anilines is 1. The summed E-state index contributed by atoms with van der Waals surface area (Å²) in [6, 6.07) is 6.27. The van der Waals surface area contributed by atoms with Crippen LogP contribution in [0.3, 0.4) is 0 Å². The first-order valence-electron chi connectivity index (χ1n) is 5.03. The second-order valence-corrected chi connectivity index (χ2v) is 4.35. The monoisotopic (exact) mass is 299 g/mol. The van der Waals surface area contributed by atoms with Crippen LogP contribution in [-0.4, -0.2) is 27.2 Å². The van der Waals surface area contributed by atoms with Gasteiger partial charge >= 0.3 is 5.97 Å². The number of nitrogens with one attached hydrogen (secondary N) is 2. The highest BCUT2D eigenvalue weighted by Crippen LogP contribution is 2.23. The zero-order valence-electron chi connectivity index (χ0n) is 9.28. The summed E-state index contributed by atoms with van der Waals surface area (Å²) in [5.41, 5.74) is 0.0199. The van der Waals surface area contributed by atoms with E-state index in [4.69, 9.17) is 28.3 Å². The minimum Gasteiger partial charge on any atom is -0.476 e. The third-order valence-electron chi connectivity index (χ3n) is 2.24. The summed E-state index contributed by atoms with van der Waals surface area (Å²) in [6.07, 6.45) is 0. The van der Waals surface area contributed by atoms with Crippen molar-refractivity contribution in [1.82, 2.24) is 10.2 Å². The molecule has 1 aromatic carbocycles. The number of carboxylic acids is 1. The minimum atomic E-state index is -1.26. The van der Waals surface area contributed by atoms with Crippen molar-refractivity contribution >= 4 is 40.9 Å². The van der Waals surface area contributed by atoms with Gasteiger partial charge in [-0.25, -0.2) is 4.79 Å². The number of carbonyl (C=O) groups excluding carboxylic acids is 1. The van der Waals surface area contributed by atoms with Gasteiger partial charge in [-0.15, -0.1) is 0 Å². The lowest BCUT2D eigenvalue weighted by molar-refractivity contribution is 0.0690. The number of H-pyrrole nitrogens is 1. The Labute approximate surface area is 117 Å². The summed E-state index contributed by atoms with van der Waals surface area (Å²) in [6.45, 7) is 0. The summed E-state index contributed by atoms with van der Waals surface area (Å²) < 4.78 is 0. The lowest BCUT2D eigenvalue weighted by atomic mass is 10.2. The van der Waals surface area contributed by atoms with Crippen molar-refractivity contribution in [3.05, 3.63) is 45.6 Å². The topological polar surface area (TPSA) is 95.1 Å². The quantitative estimate of drug-likeness (QED) is 0.812. The van der Waals surface area contributed by atoms with Crippen LogP contribution in [0.2, 0.25) is 10.0 Å². The number of nitrogens with zero attached hydrogens (tertiary/aromatic N) is 1. The number of aromatic amines is 1. The smallest absolute Gasteiger partial charge is 0.355 e. The van der Waals surface area contributed by atoms with E-state index in [9.17, 15) is 9.59 Å². The first kappa shape index (κ1) is 13.4. The summed E-state index contributed by atoms with van der Waals surface area (Å²) in [4.78, 5) is 22.6. The second-order valence-electron chi connectivity index (χ2n) is 3.53. The normalized spacial score (nSPS) is 10.2. The Morgan fingerprint density at radius 2 is 2.05 bits per heavy atom. The highest BCUT2D eigenvalue weighted by atomic mass is 35.5. The van der Waals surface area contributed by atoms with Gasteiger partial charge in [0.15, 0.2) is 11.5 Å². The maximum atomic E-state index is 11.9. The number of carboxylic acid groups (broad SMARTS) is 1. The predicted molar refractivity (Wildman–Crippen MR) is 70.0 cm³/mol. The molecule has 2 rings (SSSR count). The first-order valence-corrected chi connectivity index (χ1v) is 5.78. The van der Waals surface area contributed by atoms with Crippen LogP contribution in [0.15, 0.2) is 24.3 Å². The van der Waals surface area contributed by atoms with E-state index in [2.05, 4.69) is 15.5 Å². The van der Waals surface area contributed by atoms with Crippen molar-refractivity contribution in [3.63, 3.8) is 0 Å². The average Bonchev–Trinajstić information content (AvgIpc) is 2.71. The highest BCUT2D eigenvalue weighted by molar-refractivity contribution is 6.36. The van der Waals surface area contributed by atoms with E-state index in [1.165, 1.54) is 6.07 Å². The molecule has 8 heteroatoms. The number of benzene rings is 1. The molecule has 0 bridgehead atoms. The lowest BCUT2D eigenvalue weighted by Gasteiger charge is -2.02. The van der Waals surface area contributed by atoms with Crippen LogP contribution in [0.4, 0.5) is 5.82 Å². The van der Waals surface area contributed by atoms with E-state index in [1.807, 2.05) is 0 Å².